The molecule has 0 amide bonds. The van der Waals surface area contributed by atoms with Crippen molar-refractivity contribution in [1.29, 1.82) is 0 Å². The molecule has 0 unspecified atom stereocenters. The van der Waals surface area contributed by atoms with E-state index in [1.165, 1.54) is 0 Å². The molecule has 0 aliphatic carbocycles. The van der Waals surface area contributed by atoms with E-state index in [4.69, 9.17) is 16.1 Å². The highest BCUT2D eigenvalue weighted by molar-refractivity contribution is 6.17. The first-order chi connectivity index (χ1) is 7.78. The van der Waals surface area contributed by atoms with Gasteiger partial charge in [0.1, 0.15) is 6.54 Å². The SMILES string of the molecule is Cc1nc(Cn2cc(CCCCl)nn2)no1. The molecule has 0 saturated carbocycles. The van der Waals surface area contributed by atoms with Crippen LogP contribution in [0, 0.1) is 6.92 Å². The predicted molar refractivity (Wildman–Crippen MR) is 57.2 cm³/mol. The molecular formula is C9H12ClN5O. The fourth-order valence-corrected chi connectivity index (χ4v) is 1.46. The lowest BCUT2D eigenvalue weighted by Gasteiger charge is -1.92. The Morgan fingerprint density at radius 2 is 2.38 bits per heavy atom. The van der Waals surface area contributed by atoms with Crippen molar-refractivity contribution in [1.82, 2.24) is 25.1 Å². The molecule has 0 aliphatic heterocycles. The van der Waals surface area contributed by atoms with Crippen molar-refractivity contribution < 1.29 is 4.52 Å². The van der Waals surface area contributed by atoms with Crippen LogP contribution in [0.25, 0.3) is 0 Å². The number of aromatic nitrogens is 5. The predicted octanol–water partition coefficient (Wildman–Crippen LogP) is 1.19. The highest BCUT2D eigenvalue weighted by atomic mass is 35.5. The number of halogens is 1. The lowest BCUT2D eigenvalue weighted by Crippen LogP contribution is -2.02. The van der Waals surface area contributed by atoms with E-state index in [-0.39, 0.29) is 0 Å². The van der Waals surface area contributed by atoms with Crippen molar-refractivity contribution in [2.75, 3.05) is 5.88 Å². The summed E-state index contributed by atoms with van der Waals surface area (Å²) in [6.07, 6.45) is 3.62. The molecule has 2 aromatic heterocycles. The van der Waals surface area contributed by atoms with Crippen LogP contribution in [0.15, 0.2) is 10.7 Å². The Morgan fingerprint density at radius 1 is 1.50 bits per heavy atom. The number of nitrogens with zero attached hydrogens (tertiary/aromatic N) is 5. The molecule has 0 atom stereocenters. The molecule has 2 heterocycles. The average Bonchev–Trinajstić information content (AvgIpc) is 2.86. The molecule has 0 radical (unpaired) electrons. The summed E-state index contributed by atoms with van der Waals surface area (Å²) in [4.78, 5) is 4.09. The zero-order chi connectivity index (χ0) is 11.4. The normalized spacial score (nSPS) is 10.9. The van der Waals surface area contributed by atoms with Gasteiger partial charge in [0.2, 0.25) is 5.89 Å². The molecule has 0 aromatic carbocycles. The van der Waals surface area contributed by atoms with E-state index in [2.05, 4.69) is 20.5 Å². The van der Waals surface area contributed by atoms with Gasteiger partial charge in [-0.1, -0.05) is 10.4 Å². The van der Waals surface area contributed by atoms with Crippen molar-refractivity contribution in [3.63, 3.8) is 0 Å². The maximum atomic E-state index is 5.60. The van der Waals surface area contributed by atoms with E-state index in [0.29, 0.717) is 24.1 Å². The molecule has 2 rings (SSSR count). The topological polar surface area (TPSA) is 69.6 Å². The van der Waals surface area contributed by atoms with Crippen molar-refractivity contribution in [2.45, 2.75) is 26.3 Å². The molecule has 0 fully saturated rings. The van der Waals surface area contributed by atoms with Gasteiger partial charge in [0.15, 0.2) is 5.82 Å². The van der Waals surface area contributed by atoms with E-state index < -0.39 is 0 Å². The molecule has 0 spiro atoms. The van der Waals surface area contributed by atoms with Crippen LogP contribution in [-0.2, 0) is 13.0 Å². The van der Waals surface area contributed by atoms with Crippen molar-refractivity contribution in [2.24, 2.45) is 0 Å². The minimum Gasteiger partial charge on any atom is -0.340 e. The van der Waals surface area contributed by atoms with Gasteiger partial charge in [-0.15, -0.1) is 16.7 Å². The summed E-state index contributed by atoms with van der Waals surface area (Å²) in [7, 11) is 0. The minimum absolute atomic E-state index is 0.477. The molecule has 2 aromatic rings. The van der Waals surface area contributed by atoms with Crippen molar-refractivity contribution >= 4 is 11.6 Å². The van der Waals surface area contributed by atoms with Gasteiger partial charge in [-0.2, -0.15) is 4.98 Å². The monoisotopic (exact) mass is 241 g/mol. The Bertz CT molecular complexity index is 452. The zero-order valence-electron chi connectivity index (χ0n) is 8.93. The number of hydrogen-bond donors (Lipinski definition) is 0. The lowest BCUT2D eigenvalue weighted by atomic mass is 10.3. The van der Waals surface area contributed by atoms with E-state index in [0.717, 1.165) is 18.5 Å². The summed E-state index contributed by atoms with van der Waals surface area (Å²) < 4.78 is 6.56. The Kier molecular flexibility index (Phi) is 3.51. The number of hydrogen-bond acceptors (Lipinski definition) is 5. The summed E-state index contributed by atoms with van der Waals surface area (Å²) >= 11 is 5.60. The maximum Gasteiger partial charge on any atom is 0.223 e. The second-order valence-electron chi connectivity index (χ2n) is 3.43. The summed E-state index contributed by atoms with van der Waals surface area (Å²) in [5.41, 5.74) is 0.931. The Hall–Kier alpha value is -1.43. The van der Waals surface area contributed by atoms with Gasteiger partial charge in [0.25, 0.3) is 0 Å². The van der Waals surface area contributed by atoms with Gasteiger partial charge < -0.3 is 4.52 Å². The molecule has 16 heavy (non-hydrogen) atoms. The Labute approximate surface area is 97.6 Å². The molecule has 86 valence electrons. The molecule has 0 saturated heterocycles. The first kappa shape index (κ1) is 11.1. The summed E-state index contributed by atoms with van der Waals surface area (Å²) in [6.45, 7) is 2.23. The van der Waals surface area contributed by atoms with E-state index in [1.807, 2.05) is 6.20 Å². The zero-order valence-corrected chi connectivity index (χ0v) is 9.68. The fraction of sp³-hybridized carbons (Fsp3) is 0.556. The van der Waals surface area contributed by atoms with E-state index in [9.17, 15) is 0 Å². The number of rotatable bonds is 5. The Morgan fingerprint density at radius 3 is 3.06 bits per heavy atom. The smallest absolute Gasteiger partial charge is 0.223 e. The first-order valence-corrected chi connectivity index (χ1v) is 5.55. The third-order valence-corrected chi connectivity index (χ3v) is 2.29. The highest BCUT2D eigenvalue weighted by Crippen LogP contribution is 2.02. The molecule has 0 bridgehead atoms. The standard InChI is InChI=1S/C9H12ClN5O/c1-7-11-9(13-16-7)6-15-5-8(12-14-15)3-2-4-10/h5H,2-4,6H2,1H3. The van der Waals surface area contributed by atoms with Crippen LogP contribution in [0.4, 0.5) is 0 Å². The van der Waals surface area contributed by atoms with Crippen molar-refractivity contribution in [3.05, 3.63) is 23.6 Å². The van der Waals surface area contributed by atoms with Gasteiger partial charge in [-0.3, -0.25) is 0 Å². The summed E-state index contributed by atoms with van der Waals surface area (Å²) in [6, 6.07) is 0. The third kappa shape index (κ3) is 2.79. The van der Waals surface area contributed by atoms with Gasteiger partial charge >= 0.3 is 0 Å². The van der Waals surface area contributed by atoms with E-state index >= 15 is 0 Å². The van der Waals surface area contributed by atoms with Gasteiger partial charge in [-0.05, 0) is 12.8 Å². The molecular weight excluding hydrogens is 230 g/mol. The maximum absolute atomic E-state index is 5.60. The third-order valence-electron chi connectivity index (χ3n) is 2.03. The fourth-order valence-electron chi connectivity index (χ4n) is 1.33. The van der Waals surface area contributed by atoms with Crippen molar-refractivity contribution in [3.8, 4) is 0 Å². The van der Waals surface area contributed by atoms with Gasteiger partial charge in [0.05, 0.1) is 5.69 Å². The van der Waals surface area contributed by atoms with Gasteiger partial charge in [-0.25, -0.2) is 4.68 Å². The quantitative estimate of drug-likeness (QED) is 0.736. The first-order valence-electron chi connectivity index (χ1n) is 5.02. The second-order valence-corrected chi connectivity index (χ2v) is 3.81. The van der Waals surface area contributed by atoms with Crippen LogP contribution < -0.4 is 0 Å². The van der Waals surface area contributed by atoms with Crippen LogP contribution >= 0.6 is 11.6 Å². The Balaban J connectivity index is 1.97. The van der Waals surface area contributed by atoms with E-state index in [1.54, 1.807) is 11.6 Å². The van der Waals surface area contributed by atoms with Crippen LogP contribution in [-0.4, -0.2) is 31.0 Å². The second kappa shape index (κ2) is 5.07. The largest absolute Gasteiger partial charge is 0.340 e. The minimum atomic E-state index is 0.477. The molecule has 6 nitrogen and oxygen atoms in total. The van der Waals surface area contributed by atoms with Crippen LogP contribution in [0.3, 0.4) is 0 Å². The highest BCUT2D eigenvalue weighted by Gasteiger charge is 2.05. The van der Waals surface area contributed by atoms with Crippen LogP contribution in [0.1, 0.15) is 23.8 Å². The average molecular weight is 242 g/mol. The van der Waals surface area contributed by atoms with Crippen LogP contribution in [0.2, 0.25) is 0 Å². The molecule has 0 aliphatic rings. The molecule has 7 heteroatoms. The number of aryl methyl sites for hydroxylation is 2. The number of alkyl halides is 1. The summed E-state index contributed by atoms with van der Waals surface area (Å²) in [5, 5.41) is 11.8. The van der Waals surface area contributed by atoms with Crippen LogP contribution in [0.5, 0.6) is 0 Å². The lowest BCUT2D eigenvalue weighted by molar-refractivity contribution is 0.385. The molecule has 0 N–H and O–H groups in total. The summed E-state index contributed by atoms with van der Waals surface area (Å²) in [5.74, 6) is 1.79. The van der Waals surface area contributed by atoms with Gasteiger partial charge in [0, 0.05) is 19.0 Å².